The number of hydrogen-bond acceptors (Lipinski definition) is 7. The number of aryl methyl sites for hydroxylation is 1. The molecule has 0 atom stereocenters. The van der Waals surface area contributed by atoms with E-state index in [0.717, 1.165) is 11.5 Å². The molecule has 0 aliphatic heterocycles. The van der Waals surface area contributed by atoms with Gasteiger partial charge in [0.25, 0.3) is 0 Å². The van der Waals surface area contributed by atoms with Gasteiger partial charge in [-0.2, -0.15) is 27.6 Å². The number of nitrogens with zero attached hydrogens (tertiary/aromatic N) is 5. The van der Waals surface area contributed by atoms with Crippen LogP contribution in [0.15, 0.2) is 24.5 Å². The number of ether oxygens (including phenoxy) is 1. The first-order valence-electron chi connectivity index (χ1n) is 7.66. The Balaban J connectivity index is 1.86. The number of rotatable bonds is 6. The van der Waals surface area contributed by atoms with Crippen LogP contribution in [0.25, 0.3) is 11.4 Å². The second kappa shape index (κ2) is 7.28. The predicted molar refractivity (Wildman–Crippen MR) is 90.5 cm³/mol. The number of hydrogen-bond donors (Lipinski definition) is 1. The van der Waals surface area contributed by atoms with E-state index in [9.17, 15) is 13.2 Å². The van der Waals surface area contributed by atoms with Gasteiger partial charge in [-0.15, -0.1) is 0 Å². The van der Waals surface area contributed by atoms with Crippen molar-refractivity contribution in [3.8, 4) is 17.3 Å². The lowest BCUT2D eigenvalue weighted by Gasteiger charge is -2.04. The quantitative estimate of drug-likeness (QED) is 0.693. The maximum atomic E-state index is 13.2. The zero-order valence-corrected chi connectivity index (χ0v) is 14.7. The lowest BCUT2D eigenvalue weighted by molar-refractivity contribution is -0.141. The van der Waals surface area contributed by atoms with Crippen LogP contribution in [0.2, 0.25) is 0 Å². The molecule has 0 aromatic carbocycles. The van der Waals surface area contributed by atoms with Gasteiger partial charge in [0.05, 0.1) is 24.6 Å². The zero-order chi connectivity index (χ0) is 18.7. The highest BCUT2D eigenvalue weighted by Crippen LogP contribution is 2.36. The second-order valence-electron chi connectivity index (χ2n) is 5.29. The van der Waals surface area contributed by atoms with Crippen LogP contribution in [-0.4, -0.2) is 31.2 Å². The van der Waals surface area contributed by atoms with Crippen molar-refractivity contribution in [2.45, 2.75) is 26.1 Å². The summed E-state index contributed by atoms with van der Waals surface area (Å²) in [5.41, 5.74) is -0.504. The molecule has 3 rings (SSSR count). The summed E-state index contributed by atoms with van der Waals surface area (Å²) in [4.78, 5) is 8.19. The van der Waals surface area contributed by atoms with E-state index >= 15 is 0 Å². The molecule has 0 amide bonds. The maximum absolute atomic E-state index is 13.2. The topological polar surface area (TPSA) is 77.8 Å². The minimum Gasteiger partial charge on any atom is -0.481 e. The second-order valence-corrected chi connectivity index (χ2v) is 6.04. The molecule has 0 aliphatic rings. The SMILES string of the molecule is CCCn1cc(-c2nsc(Nc3ccc(OC)nc3)n2)c(C(F)(F)F)n1. The molecular weight excluding hydrogens is 369 g/mol. The molecule has 138 valence electrons. The van der Waals surface area contributed by atoms with Crippen molar-refractivity contribution in [3.05, 3.63) is 30.2 Å². The van der Waals surface area contributed by atoms with Crippen LogP contribution in [0.1, 0.15) is 19.0 Å². The summed E-state index contributed by atoms with van der Waals surface area (Å²) < 4.78 is 50.0. The van der Waals surface area contributed by atoms with E-state index in [1.54, 1.807) is 12.1 Å². The zero-order valence-electron chi connectivity index (χ0n) is 13.9. The normalized spacial score (nSPS) is 11.6. The highest BCUT2D eigenvalue weighted by Gasteiger charge is 2.38. The van der Waals surface area contributed by atoms with Gasteiger partial charge in [0, 0.05) is 30.3 Å². The number of halogens is 3. The number of alkyl halides is 3. The standard InChI is InChI=1S/C15H15F3N6OS/c1-3-6-24-8-10(12(22-24)15(16,17)18)13-21-14(26-23-13)20-9-4-5-11(25-2)19-7-9/h4-5,7-8H,3,6H2,1-2H3,(H,20,21,23). The van der Waals surface area contributed by atoms with E-state index in [-0.39, 0.29) is 11.4 Å². The molecular formula is C15H15F3N6OS. The molecule has 0 unspecified atom stereocenters. The van der Waals surface area contributed by atoms with Gasteiger partial charge in [-0.1, -0.05) is 6.92 Å². The van der Waals surface area contributed by atoms with Crippen molar-refractivity contribution >= 4 is 22.4 Å². The lowest BCUT2D eigenvalue weighted by Crippen LogP contribution is -2.09. The van der Waals surface area contributed by atoms with Gasteiger partial charge in [0.1, 0.15) is 0 Å². The van der Waals surface area contributed by atoms with Crippen molar-refractivity contribution in [1.82, 2.24) is 24.1 Å². The molecule has 0 saturated heterocycles. The van der Waals surface area contributed by atoms with Crippen molar-refractivity contribution in [1.29, 1.82) is 0 Å². The van der Waals surface area contributed by atoms with Crippen molar-refractivity contribution in [3.63, 3.8) is 0 Å². The third kappa shape index (κ3) is 3.93. The van der Waals surface area contributed by atoms with Crippen LogP contribution in [0.4, 0.5) is 24.0 Å². The van der Waals surface area contributed by atoms with Crippen molar-refractivity contribution in [2.24, 2.45) is 0 Å². The van der Waals surface area contributed by atoms with E-state index in [0.29, 0.717) is 29.7 Å². The first kappa shape index (κ1) is 18.1. The fraction of sp³-hybridized carbons (Fsp3) is 0.333. The molecule has 26 heavy (non-hydrogen) atoms. The Hall–Kier alpha value is -2.69. The number of methoxy groups -OCH3 is 1. The van der Waals surface area contributed by atoms with Crippen LogP contribution in [0, 0.1) is 0 Å². The predicted octanol–water partition coefficient (Wildman–Crippen LogP) is 3.98. The molecule has 0 aliphatic carbocycles. The molecule has 0 fully saturated rings. The van der Waals surface area contributed by atoms with Gasteiger partial charge in [0.2, 0.25) is 11.0 Å². The molecule has 7 nitrogen and oxygen atoms in total. The summed E-state index contributed by atoms with van der Waals surface area (Å²) in [7, 11) is 1.50. The van der Waals surface area contributed by atoms with Crippen LogP contribution in [-0.2, 0) is 12.7 Å². The number of pyridine rings is 1. The Morgan fingerprint density at radius 2 is 2.12 bits per heavy atom. The third-order valence-corrected chi connectivity index (χ3v) is 3.98. The third-order valence-electron chi connectivity index (χ3n) is 3.35. The Bertz CT molecular complexity index is 874. The van der Waals surface area contributed by atoms with E-state index in [1.807, 2.05) is 6.92 Å². The molecule has 3 aromatic rings. The maximum Gasteiger partial charge on any atom is 0.435 e. The Kier molecular flexibility index (Phi) is 5.07. The molecule has 3 heterocycles. The van der Waals surface area contributed by atoms with E-state index < -0.39 is 11.9 Å². The highest BCUT2D eigenvalue weighted by atomic mass is 32.1. The minimum absolute atomic E-state index is 0.0198. The number of anilines is 2. The first-order chi connectivity index (χ1) is 12.4. The Labute approximate surface area is 151 Å². The van der Waals surface area contributed by atoms with Gasteiger partial charge in [-0.25, -0.2) is 4.98 Å². The fourth-order valence-corrected chi connectivity index (χ4v) is 2.82. The molecule has 11 heteroatoms. The van der Waals surface area contributed by atoms with Crippen molar-refractivity contribution < 1.29 is 17.9 Å². The summed E-state index contributed by atoms with van der Waals surface area (Å²) in [5, 5.41) is 6.94. The van der Waals surface area contributed by atoms with Crippen molar-refractivity contribution in [2.75, 3.05) is 12.4 Å². The summed E-state index contributed by atoms with van der Waals surface area (Å²) >= 11 is 0.955. The van der Waals surface area contributed by atoms with Gasteiger partial charge >= 0.3 is 6.18 Å². The average Bonchev–Trinajstić information content (AvgIpc) is 3.22. The monoisotopic (exact) mass is 384 g/mol. The highest BCUT2D eigenvalue weighted by molar-refractivity contribution is 7.09. The lowest BCUT2D eigenvalue weighted by atomic mass is 10.2. The van der Waals surface area contributed by atoms with Gasteiger partial charge in [-0.3, -0.25) is 4.68 Å². The van der Waals surface area contributed by atoms with E-state index in [2.05, 4.69) is 24.8 Å². The van der Waals surface area contributed by atoms with Gasteiger partial charge < -0.3 is 10.1 Å². The Morgan fingerprint density at radius 1 is 1.31 bits per heavy atom. The molecule has 0 radical (unpaired) electrons. The van der Waals surface area contributed by atoms with Crippen LogP contribution < -0.4 is 10.1 Å². The average molecular weight is 384 g/mol. The summed E-state index contributed by atoms with van der Waals surface area (Å²) in [5.74, 6) is 0.431. The molecule has 0 bridgehead atoms. The number of aromatic nitrogens is 5. The summed E-state index contributed by atoms with van der Waals surface area (Å²) in [6, 6.07) is 3.37. The largest absolute Gasteiger partial charge is 0.481 e. The smallest absolute Gasteiger partial charge is 0.435 e. The van der Waals surface area contributed by atoms with Crippen LogP contribution in [0.5, 0.6) is 5.88 Å². The molecule has 0 saturated carbocycles. The molecule has 1 N–H and O–H groups in total. The Morgan fingerprint density at radius 3 is 2.73 bits per heavy atom. The van der Waals surface area contributed by atoms with Crippen LogP contribution in [0.3, 0.4) is 0 Å². The summed E-state index contributed by atoms with van der Waals surface area (Å²) in [6.07, 6.45) is -1.05. The summed E-state index contributed by atoms with van der Waals surface area (Å²) in [6.45, 7) is 2.25. The van der Waals surface area contributed by atoms with Gasteiger partial charge in [0.15, 0.2) is 11.5 Å². The fourth-order valence-electron chi connectivity index (χ4n) is 2.22. The van der Waals surface area contributed by atoms with Gasteiger partial charge in [-0.05, 0) is 12.5 Å². The minimum atomic E-state index is -4.58. The van der Waals surface area contributed by atoms with Crippen LogP contribution >= 0.6 is 11.5 Å². The van der Waals surface area contributed by atoms with E-state index in [4.69, 9.17) is 4.74 Å². The molecule has 0 spiro atoms. The molecule has 3 aromatic heterocycles. The first-order valence-corrected chi connectivity index (χ1v) is 8.44. The van der Waals surface area contributed by atoms with E-state index in [1.165, 1.54) is 24.2 Å². The number of nitrogens with one attached hydrogen (secondary N) is 1.